The van der Waals surface area contributed by atoms with Crippen molar-refractivity contribution in [3.05, 3.63) is 30.3 Å². The van der Waals surface area contributed by atoms with Crippen molar-refractivity contribution in [1.82, 2.24) is 0 Å². The van der Waals surface area contributed by atoms with Crippen LogP contribution >= 0.6 is 0 Å². The molecule has 5 fully saturated rings. The first kappa shape index (κ1) is 12.4. The van der Waals surface area contributed by atoms with Gasteiger partial charge in [0.15, 0.2) is 0 Å². The SMILES string of the molecule is O=C1[C@H]2C[C@H]3[C@H]4[C@H]5[C@@H]([C@H]1C[C@H]5C3([N+](=O)[O-])[N+](=O)[O-])[C@@]42[N+](=O)[O-]. The Hall–Kier alpha value is -2.13. The van der Waals surface area contributed by atoms with E-state index in [1.165, 1.54) is 0 Å². The first-order valence-corrected chi connectivity index (χ1v) is 7.29. The van der Waals surface area contributed by atoms with Gasteiger partial charge in [0, 0.05) is 16.8 Å². The number of nitrogens with zero attached hydrogens (tertiary/aromatic N) is 3. The molecule has 0 radical (unpaired) electrons. The van der Waals surface area contributed by atoms with Crippen LogP contribution in [0.3, 0.4) is 0 Å². The minimum Gasteiger partial charge on any atom is -0.299 e. The van der Waals surface area contributed by atoms with Crippen molar-refractivity contribution in [1.29, 1.82) is 0 Å². The quantitative estimate of drug-likeness (QED) is 0.404. The largest absolute Gasteiger partial charge is 0.464 e. The molecule has 5 aliphatic carbocycles. The molecule has 22 heavy (non-hydrogen) atoms. The Bertz CT molecular complexity index is 693. The summed E-state index contributed by atoms with van der Waals surface area (Å²) in [4.78, 5) is 45.4. The highest BCUT2D eigenvalue weighted by Gasteiger charge is 3.01. The molecule has 8 atom stereocenters. The zero-order valence-corrected chi connectivity index (χ0v) is 11.2. The molecule has 10 nitrogen and oxygen atoms in total. The molecule has 0 spiro atoms. The van der Waals surface area contributed by atoms with Gasteiger partial charge in [-0.25, -0.2) is 0 Å². The minimum absolute atomic E-state index is 0.0647. The third-order valence-corrected chi connectivity index (χ3v) is 7.49. The molecule has 5 rings (SSSR count). The van der Waals surface area contributed by atoms with E-state index in [1.807, 2.05) is 0 Å². The molecule has 116 valence electrons. The summed E-state index contributed by atoms with van der Waals surface area (Å²) >= 11 is 0. The van der Waals surface area contributed by atoms with Gasteiger partial charge in [-0.05, 0) is 18.8 Å². The van der Waals surface area contributed by atoms with Crippen LogP contribution in [0, 0.1) is 71.8 Å². The first-order chi connectivity index (χ1) is 10.3. The van der Waals surface area contributed by atoms with Gasteiger partial charge in [0.1, 0.15) is 17.6 Å². The van der Waals surface area contributed by atoms with Crippen LogP contribution in [-0.4, -0.2) is 31.8 Å². The van der Waals surface area contributed by atoms with Crippen molar-refractivity contribution < 1.29 is 19.6 Å². The third kappa shape index (κ3) is 0.759. The second-order valence-corrected chi connectivity index (χ2v) is 7.32. The Labute approximate surface area is 122 Å². The zero-order chi connectivity index (χ0) is 15.8. The number of carbonyl (C=O) groups is 1. The molecule has 0 bridgehead atoms. The normalized spacial score (nSPS) is 54.4. The van der Waals surface area contributed by atoms with E-state index >= 15 is 0 Å². The fourth-order valence-electron chi connectivity index (χ4n) is 7.30. The predicted molar refractivity (Wildman–Crippen MR) is 65.1 cm³/mol. The summed E-state index contributed by atoms with van der Waals surface area (Å²) in [7, 11) is 0. The summed E-state index contributed by atoms with van der Waals surface area (Å²) in [5, 5.41) is 35.0. The van der Waals surface area contributed by atoms with Crippen molar-refractivity contribution in [2.24, 2.45) is 41.4 Å². The first-order valence-electron chi connectivity index (χ1n) is 7.29. The summed E-state index contributed by atoms with van der Waals surface area (Å²) in [5.41, 5.74) is -3.80. The van der Waals surface area contributed by atoms with E-state index in [2.05, 4.69) is 0 Å². The van der Waals surface area contributed by atoms with Crippen molar-refractivity contribution in [2.45, 2.75) is 24.0 Å². The van der Waals surface area contributed by atoms with Crippen LogP contribution in [-0.2, 0) is 4.79 Å². The molecule has 0 N–H and O–H groups in total. The standard InChI is InChI=1S/C12H11N3O7/c16-10-3-1-4-7-8(3)11(13(17)18)6(10)2-5(9(7)11)12(4,14(19)20)15(21)22/h3-9H,1-2H2/t3-,4-,5+,6-,7-,8-,9+,11-/m1/s1. The fourth-order valence-corrected chi connectivity index (χ4v) is 7.30. The van der Waals surface area contributed by atoms with E-state index in [0.717, 1.165) is 0 Å². The van der Waals surface area contributed by atoms with Gasteiger partial charge in [0.25, 0.3) is 0 Å². The number of hydrogen-bond donors (Lipinski definition) is 0. The zero-order valence-electron chi connectivity index (χ0n) is 11.2. The Morgan fingerprint density at radius 3 is 2.09 bits per heavy atom. The molecular weight excluding hydrogens is 298 g/mol. The monoisotopic (exact) mass is 309 g/mol. The molecule has 0 saturated heterocycles. The van der Waals surface area contributed by atoms with Crippen LogP contribution in [0.5, 0.6) is 0 Å². The molecular formula is C12H11N3O7. The van der Waals surface area contributed by atoms with Crippen LogP contribution < -0.4 is 0 Å². The van der Waals surface area contributed by atoms with Gasteiger partial charge >= 0.3 is 5.66 Å². The van der Waals surface area contributed by atoms with Crippen LogP contribution in [0.1, 0.15) is 12.8 Å². The van der Waals surface area contributed by atoms with E-state index in [4.69, 9.17) is 0 Å². The Morgan fingerprint density at radius 1 is 0.909 bits per heavy atom. The number of Topliss-reactive ketones (excluding diaryl/α,β-unsaturated/α-hetero) is 1. The van der Waals surface area contributed by atoms with Crippen LogP contribution in [0.2, 0.25) is 0 Å². The molecule has 0 aromatic heterocycles. The number of nitro groups is 3. The van der Waals surface area contributed by atoms with Crippen LogP contribution in [0.4, 0.5) is 0 Å². The van der Waals surface area contributed by atoms with Crippen molar-refractivity contribution in [3.63, 3.8) is 0 Å². The Morgan fingerprint density at radius 2 is 1.55 bits per heavy atom. The maximum absolute atomic E-state index is 12.5. The summed E-state index contributed by atoms with van der Waals surface area (Å²) in [5.74, 6) is -5.11. The number of rotatable bonds is 3. The molecule has 0 aromatic rings. The summed E-state index contributed by atoms with van der Waals surface area (Å²) < 4.78 is 0. The Balaban J connectivity index is 1.80. The summed E-state index contributed by atoms with van der Waals surface area (Å²) in [6.07, 6.45) is -0.0122. The average Bonchev–Trinajstić information content (AvgIpc) is 2.96. The lowest BCUT2D eigenvalue weighted by molar-refractivity contribution is -0.813. The third-order valence-electron chi connectivity index (χ3n) is 7.49. The van der Waals surface area contributed by atoms with Gasteiger partial charge in [-0.3, -0.25) is 35.1 Å². The minimum atomic E-state index is -2.34. The second kappa shape index (κ2) is 2.99. The highest BCUT2D eigenvalue weighted by atomic mass is 16.7. The molecule has 0 heterocycles. The number of ketones is 1. The van der Waals surface area contributed by atoms with Gasteiger partial charge in [-0.15, -0.1) is 0 Å². The molecule has 0 aromatic carbocycles. The number of carbonyl (C=O) groups excluding carboxylic acids is 1. The highest BCUT2D eigenvalue weighted by molar-refractivity contribution is 5.90. The lowest BCUT2D eigenvalue weighted by Crippen LogP contribution is -2.64. The maximum atomic E-state index is 12.5. The topological polar surface area (TPSA) is 146 Å². The average molecular weight is 309 g/mol. The summed E-state index contributed by atoms with van der Waals surface area (Å²) in [6.45, 7) is 0. The van der Waals surface area contributed by atoms with Gasteiger partial charge in [0.2, 0.25) is 5.54 Å². The fraction of sp³-hybridized carbons (Fsp3) is 0.917. The van der Waals surface area contributed by atoms with E-state index in [9.17, 15) is 35.1 Å². The molecule has 0 amide bonds. The molecule has 0 aliphatic heterocycles. The van der Waals surface area contributed by atoms with Crippen molar-refractivity contribution in [3.8, 4) is 0 Å². The van der Waals surface area contributed by atoms with E-state index in [1.54, 1.807) is 0 Å². The highest BCUT2D eigenvalue weighted by Crippen LogP contribution is 2.83. The molecule has 5 saturated carbocycles. The van der Waals surface area contributed by atoms with E-state index < -0.39 is 67.4 Å². The molecule has 5 aliphatic rings. The second-order valence-electron chi connectivity index (χ2n) is 7.32. The lowest BCUT2D eigenvalue weighted by atomic mass is 9.54. The maximum Gasteiger partial charge on any atom is 0.464 e. The lowest BCUT2D eigenvalue weighted by Gasteiger charge is -2.46. The van der Waals surface area contributed by atoms with Gasteiger partial charge in [-0.1, -0.05) is 0 Å². The summed E-state index contributed by atoms with van der Waals surface area (Å²) in [6, 6.07) is 0. The van der Waals surface area contributed by atoms with Gasteiger partial charge < -0.3 is 0 Å². The van der Waals surface area contributed by atoms with Crippen molar-refractivity contribution >= 4 is 5.78 Å². The smallest absolute Gasteiger partial charge is 0.299 e. The predicted octanol–water partition coefficient (Wildman–Crippen LogP) is -0.0177. The van der Waals surface area contributed by atoms with Crippen LogP contribution in [0.25, 0.3) is 0 Å². The van der Waals surface area contributed by atoms with E-state index in [-0.39, 0.29) is 18.6 Å². The van der Waals surface area contributed by atoms with Gasteiger partial charge in [0.05, 0.1) is 21.7 Å². The molecule has 0 unspecified atom stereocenters. The van der Waals surface area contributed by atoms with E-state index in [0.29, 0.717) is 0 Å². The number of hydrogen-bond acceptors (Lipinski definition) is 7. The van der Waals surface area contributed by atoms with Crippen LogP contribution in [0.15, 0.2) is 0 Å². The Kier molecular flexibility index (Phi) is 1.69. The molecule has 10 heteroatoms. The van der Waals surface area contributed by atoms with Crippen molar-refractivity contribution in [2.75, 3.05) is 0 Å². The van der Waals surface area contributed by atoms with Gasteiger partial charge in [-0.2, -0.15) is 0 Å².